The van der Waals surface area contributed by atoms with Crippen LogP contribution >= 0.6 is 11.6 Å². The van der Waals surface area contributed by atoms with Crippen molar-refractivity contribution in [1.82, 2.24) is 9.97 Å². The first-order valence-corrected chi connectivity index (χ1v) is 9.31. The zero-order valence-electron chi connectivity index (χ0n) is 15.8. The van der Waals surface area contributed by atoms with E-state index in [4.69, 9.17) is 16.3 Å². The Bertz CT molecular complexity index is 822. The molecule has 0 spiro atoms. The zero-order valence-corrected chi connectivity index (χ0v) is 16.6. The largest absolute Gasteiger partial charge is 0.496 e. The number of piperidine rings is 1. The molecule has 3 rings (SSSR count). The predicted molar refractivity (Wildman–Crippen MR) is 108 cm³/mol. The Morgan fingerprint density at radius 2 is 2.00 bits per heavy atom. The molecular formula is C19H24ClN5O2. The first-order valence-electron chi connectivity index (χ1n) is 8.94. The van der Waals surface area contributed by atoms with E-state index in [9.17, 15) is 4.79 Å². The van der Waals surface area contributed by atoms with E-state index < -0.39 is 0 Å². The van der Waals surface area contributed by atoms with Gasteiger partial charge in [0.1, 0.15) is 11.4 Å². The van der Waals surface area contributed by atoms with Gasteiger partial charge in [0.05, 0.1) is 18.9 Å². The number of anilines is 3. The minimum atomic E-state index is -0.327. The second-order valence-electron chi connectivity index (χ2n) is 6.65. The van der Waals surface area contributed by atoms with Crippen molar-refractivity contribution in [3.05, 3.63) is 35.0 Å². The Balaban J connectivity index is 1.87. The molecule has 1 amide bonds. The SMILES string of the molecule is COc1ccc(Cl)cc1C(=O)Nc1cnc(N2CCCCC2)nc1N(C)C. The summed E-state index contributed by atoms with van der Waals surface area (Å²) in [4.78, 5) is 26.0. The van der Waals surface area contributed by atoms with E-state index in [1.807, 2.05) is 19.0 Å². The van der Waals surface area contributed by atoms with Gasteiger partial charge in [-0.1, -0.05) is 11.6 Å². The number of hydrogen-bond donors (Lipinski definition) is 1. The maximum Gasteiger partial charge on any atom is 0.259 e. The second kappa shape index (κ2) is 8.43. The summed E-state index contributed by atoms with van der Waals surface area (Å²) in [6, 6.07) is 4.92. The maximum absolute atomic E-state index is 12.8. The number of methoxy groups -OCH3 is 1. The van der Waals surface area contributed by atoms with E-state index in [1.54, 1.807) is 24.4 Å². The number of halogens is 1. The molecule has 0 aliphatic carbocycles. The molecule has 0 unspecified atom stereocenters. The monoisotopic (exact) mass is 389 g/mol. The van der Waals surface area contributed by atoms with Crippen LogP contribution in [-0.2, 0) is 0 Å². The molecule has 2 heterocycles. The highest BCUT2D eigenvalue weighted by Crippen LogP contribution is 2.28. The van der Waals surface area contributed by atoms with Crippen LogP contribution in [0.1, 0.15) is 29.6 Å². The molecule has 1 aliphatic heterocycles. The summed E-state index contributed by atoms with van der Waals surface area (Å²) >= 11 is 6.04. The summed E-state index contributed by atoms with van der Waals surface area (Å²) in [6.45, 7) is 1.91. The molecule has 1 aromatic carbocycles. The van der Waals surface area contributed by atoms with Crippen molar-refractivity contribution >= 4 is 35.0 Å². The van der Waals surface area contributed by atoms with Crippen LogP contribution in [0.4, 0.5) is 17.5 Å². The molecule has 2 aromatic rings. The van der Waals surface area contributed by atoms with Crippen molar-refractivity contribution in [3.63, 3.8) is 0 Å². The van der Waals surface area contributed by atoms with Gasteiger partial charge in [-0.25, -0.2) is 4.98 Å². The van der Waals surface area contributed by atoms with Crippen LogP contribution in [0, 0.1) is 0 Å². The topological polar surface area (TPSA) is 70.6 Å². The highest BCUT2D eigenvalue weighted by Gasteiger charge is 2.19. The first kappa shape index (κ1) is 19.2. The minimum Gasteiger partial charge on any atom is -0.496 e. The van der Waals surface area contributed by atoms with Gasteiger partial charge >= 0.3 is 0 Å². The third-order valence-corrected chi connectivity index (χ3v) is 4.71. The quantitative estimate of drug-likeness (QED) is 0.844. The number of nitrogens with one attached hydrogen (secondary N) is 1. The molecule has 1 aromatic heterocycles. The summed E-state index contributed by atoms with van der Waals surface area (Å²) in [6.07, 6.45) is 5.19. The number of carbonyl (C=O) groups is 1. The summed E-state index contributed by atoms with van der Waals surface area (Å²) in [7, 11) is 5.29. The van der Waals surface area contributed by atoms with E-state index in [2.05, 4.69) is 20.2 Å². The molecule has 144 valence electrons. The lowest BCUT2D eigenvalue weighted by Gasteiger charge is -2.28. The molecule has 7 nitrogen and oxygen atoms in total. The zero-order chi connectivity index (χ0) is 19.4. The summed E-state index contributed by atoms with van der Waals surface area (Å²) in [5.74, 6) is 1.47. The van der Waals surface area contributed by atoms with E-state index in [1.165, 1.54) is 13.5 Å². The van der Waals surface area contributed by atoms with Gasteiger partial charge in [0, 0.05) is 32.2 Å². The van der Waals surface area contributed by atoms with Crippen LogP contribution in [-0.4, -0.2) is 50.2 Å². The lowest BCUT2D eigenvalue weighted by Crippen LogP contribution is -2.31. The molecular weight excluding hydrogens is 366 g/mol. The van der Waals surface area contributed by atoms with Crippen LogP contribution in [0.25, 0.3) is 0 Å². The number of benzene rings is 1. The lowest BCUT2D eigenvalue weighted by atomic mass is 10.1. The molecule has 0 bridgehead atoms. The second-order valence-corrected chi connectivity index (χ2v) is 7.08. The molecule has 27 heavy (non-hydrogen) atoms. The number of hydrogen-bond acceptors (Lipinski definition) is 6. The third-order valence-electron chi connectivity index (χ3n) is 4.47. The van der Waals surface area contributed by atoms with Crippen molar-refractivity contribution in [3.8, 4) is 5.75 Å². The standard InChI is InChI=1S/C19H24ClN5O2/c1-24(2)17-15(12-21-19(23-17)25-9-5-4-6-10-25)22-18(26)14-11-13(20)7-8-16(14)27-3/h7-8,11-12H,4-6,9-10H2,1-3H3,(H,22,26). The molecule has 0 atom stereocenters. The number of carbonyl (C=O) groups excluding carboxylic acids is 1. The Morgan fingerprint density at radius 3 is 2.67 bits per heavy atom. The average molecular weight is 390 g/mol. The van der Waals surface area contributed by atoms with Gasteiger partial charge in [-0.3, -0.25) is 4.79 Å². The van der Waals surface area contributed by atoms with E-state index >= 15 is 0 Å². The van der Waals surface area contributed by atoms with Crippen LogP contribution in [0.3, 0.4) is 0 Å². The average Bonchev–Trinajstić information content (AvgIpc) is 2.68. The number of ether oxygens (including phenoxy) is 1. The van der Waals surface area contributed by atoms with Crippen LogP contribution in [0.15, 0.2) is 24.4 Å². The van der Waals surface area contributed by atoms with Crippen molar-refractivity contribution in [1.29, 1.82) is 0 Å². The smallest absolute Gasteiger partial charge is 0.259 e. The Labute approximate surface area is 164 Å². The predicted octanol–water partition coefficient (Wildman–Crippen LogP) is 3.45. The number of rotatable bonds is 5. The number of amides is 1. The van der Waals surface area contributed by atoms with Gasteiger partial charge in [0.2, 0.25) is 5.95 Å². The van der Waals surface area contributed by atoms with Crippen LogP contribution in [0.5, 0.6) is 5.75 Å². The van der Waals surface area contributed by atoms with E-state index in [-0.39, 0.29) is 5.91 Å². The molecule has 0 radical (unpaired) electrons. The summed E-state index contributed by atoms with van der Waals surface area (Å²) < 4.78 is 5.27. The molecule has 1 N–H and O–H groups in total. The van der Waals surface area contributed by atoms with Gasteiger partial charge in [-0.05, 0) is 37.5 Å². The number of nitrogens with zero attached hydrogens (tertiary/aromatic N) is 4. The normalized spacial score (nSPS) is 14.0. The minimum absolute atomic E-state index is 0.327. The fraction of sp³-hybridized carbons (Fsp3) is 0.421. The van der Waals surface area contributed by atoms with E-state index in [0.717, 1.165) is 25.9 Å². The summed E-state index contributed by atoms with van der Waals surface area (Å²) in [5, 5.41) is 3.34. The van der Waals surface area contributed by atoms with Gasteiger partial charge in [0.15, 0.2) is 5.82 Å². The van der Waals surface area contributed by atoms with Crippen molar-refractivity contribution < 1.29 is 9.53 Å². The number of aromatic nitrogens is 2. The summed E-state index contributed by atoms with van der Waals surface area (Å²) in [5.41, 5.74) is 0.891. The Kier molecular flexibility index (Phi) is 6.01. The van der Waals surface area contributed by atoms with E-state index in [0.29, 0.717) is 33.8 Å². The fourth-order valence-corrected chi connectivity index (χ4v) is 3.26. The van der Waals surface area contributed by atoms with Crippen LogP contribution < -0.4 is 19.9 Å². The van der Waals surface area contributed by atoms with Gasteiger partial charge in [-0.15, -0.1) is 0 Å². The van der Waals surface area contributed by atoms with Gasteiger partial charge in [-0.2, -0.15) is 4.98 Å². The van der Waals surface area contributed by atoms with Gasteiger partial charge < -0.3 is 19.9 Å². The van der Waals surface area contributed by atoms with Crippen molar-refractivity contribution in [2.24, 2.45) is 0 Å². The highest BCUT2D eigenvalue weighted by atomic mass is 35.5. The maximum atomic E-state index is 12.8. The molecule has 8 heteroatoms. The molecule has 1 aliphatic rings. The Hall–Kier alpha value is -2.54. The highest BCUT2D eigenvalue weighted by molar-refractivity contribution is 6.31. The van der Waals surface area contributed by atoms with Crippen LogP contribution in [0.2, 0.25) is 5.02 Å². The van der Waals surface area contributed by atoms with Crippen molar-refractivity contribution in [2.75, 3.05) is 49.4 Å². The lowest BCUT2D eigenvalue weighted by molar-refractivity contribution is 0.102. The van der Waals surface area contributed by atoms with Gasteiger partial charge in [0.25, 0.3) is 5.91 Å². The third kappa shape index (κ3) is 4.42. The fourth-order valence-electron chi connectivity index (χ4n) is 3.09. The molecule has 0 saturated carbocycles. The Morgan fingerprint density at radius 1 is 1.26 bits per heavy atom. The van der Waals surface area contributed by atoms with Crippen molar-refractivity contribution in [2.45, 2.75) is 19.3 Å². The molecule has 1 saturated heterocycles. The first-order chi connectivity index (χ1) is 13.0. The molecule has 1 fully saturated rings.